The van der Waals surface area contributed by atoms with Gasteiger partial charge < -0.3 is 5.11 Å². The number of alkyl halides is 3. The Hall–Kier alpha value is -0.710. The molecule has 0 aromatic rings. The standard InChI is InChI=1S/C9H14F3NO/c10-9(11,12)8(14)4-7-13-5-2-1-3-6-13/h4,14H,1-3,5-7H2/b8-4-. The second-order valence-electron chi connectivity index (χ2n) is 3.45. The van der Waals surface area contributed by atoms with E-state index < -0.39 is 11.9 Å². The SMILES string of the molecule is O/C(=C\CN1CCCCC1)C(F)(F)F. The third-order valence-electron chi connectivity index (χ3n) is 2.28. The molecule has 0 saturated carbocycles. The molecule has 0 aromatic carbocycles. The third kappa shape index (κ3) is 3.57. The summed E-state index contributed by atoms with van der Waals surface area (Å²) in [5.41, 5.74) is 0. The second-order valence-corrected chi connectivity index (χ2v) is 3.45. The fraction of sp³-hybridized carbons (Fsp3) is 0.778. The maximum absolute atomic E-state index is 11.9. The molecule has 0 spiro atoms. The van der Waals surface area contributed by atoms with Gasteiger partial charge in [0.1, 0.15) is 0 Å². The molecule has 82 valence electrons. The molecule has 0 unspecified atom stereocenters. The van der Waals surface area contributed by atoms with Crippen LogP contribution < -0.4 is 0 Å². The summed E-state index contributed by atoms with van der Waals surface area (Å²) in [6.45, 7) is 1.83. The van der Waals surface area contributed by atoms with Gasteiger partial charge in [0, 0.05) is 6.54 Å². The Morgan fingerprint density at radius 3 is 2.29 bits per heavy atom. The molecule has 1 aliphatic rings. The minimum atomic E-state index is -4.60. The van der Waals surface area contributed by atoms with Crippen LogP contribution in [0.2, 0.25) is 0 Å². The molecule has 0 amide bonds. The summed E-state index contributed by atoms with van der Waals surface area (Å²) < 4.78 is 35.6. The van der Waals surface area contributed by atoms with Gasteiger partial charge in [-0.05, 0) is 32.0 Å². The molecule has 14 heavy (non-hydrogen) atoms. The summed E-state index contributed by atoms with van der Waals surface area (Å²) in [7, 11) is 0. The predicted octanol–water partition coefficient (Wildman–Crippen LogP) is 2.48. The average molecular weight is 209 g/mol. The van der Waals surface area contributed by atoms with E-state index in [2.05, 4.69) is 0 Å². The van der Waals surface area contributed by atoms with Crippen molar-refractivity contribution in [2.75, 3.05) is 19.6 Å². The normalized spacial score (nSPS) is 21.2. The molecule has 1 aliphatic heterocycles. The molecule has 0 atom stereocenters. The van der Waals surface area contributed by atoms with Crippen LogP contribution in [-0.4, -0.2) is 35.8 Å². The lowest BCUT2D eigenvalue weighted by Gasteiger charge is -2.25. The van der Waals surface area contributed by atoms with E-state index in [-0.39, 0.29) is 6.54 Å². The Labute approximate surface area is 81.0 Å². The van der Waals surface area contributed by atoms with Crippen molar-refractivity contribution < 1.29 is 18.3 Å². The zero-order valence-electron chi connectivity index (χ0n) is 7.85. The van der Waals surface area contributed by atoms with Crippen LogP contribution in [0.5, 0.6) is 0 Å². The average Bonchev–Trinajstić information content (AvgIpc) is 2.14. The summed E-state index contributed by atoms with van der Waals surface area (Å²) in [6, 6.07) is 0. The molecule has 0 radical (unpaired) electrons. The number of aliphatic hydroxyl groups is 1. The summed E-state index contributed by atoms with van der Waals surface area (Å²) in [5.74, 6) is -1.48. The van der Waals surface area contributed by atoms with E-state index in [1.165, 1.54) is 0 Å². The predicted molar refractivity (Wildman–Crippen MR) is 47.1 cm³/mol. The van der Waals surface area contributed by atoms with Gasteiger partial charge in [-0.2, -0.15) is 13.2 Å². The number of rotatable bonds is 2. The van der Waals surface area contributed by atoms with Crippen LogP contribution in [0.15, 0.2) is 11.8 Å². The molecule has 2 nitrogen and oxygen atoms in total. The maximum atomic E-state index is 11.9. The number of allylic oxidation sites excluding steroid dienone is 1. The van der Waals surface area contributed by atoms with Crippen LogP contribution >= 0.6 is 0 Å². The molecule has 1 fully saturated rings. The van der Waals surface area contributed by atoms with Gasteiger partial charge in [-0.15, -0.1) is 0 Å². The second kappa shape index (κ2) is 4.68. The van der Waals surface area contributed by atoms with Gasteiger partial charge in [0.05, 0.1) is 0 Å². The van der Waals surface area contributed by atoms with Gasteiger partial charge in [-0.25, -0.2) is 0 Å². The largest absolute Gasteiger partial charge is 0.504 e. The van der Waals surface area contributed by atoms with Crippen LogP contribution in [0.3, 0.4) is 0 Å². The molecule has 0 bridgehead atoms. The molecule has 1 N–H and O–H groups in total. The highest BCUT2D eigenvalue weighted by Crippen LogP contribution is 2.23. The van der Waals surface area contributed by atoms with Gasteiger partial charge in [0.25, 0.3) is 0 Å². The van der Waals surface area contributed by atoms with E-state index in [4.69, 9.17) is 5.11 Å². The van der Waals surface area contributed by atoms with Crippen molar-refractivity contribution in [1.82, 2.24) is 4.90 Å². The molecule has 1 heterocycles. The molecule has 1 saturated heterocycles. The first-order valence-corrected chi connectivity index (χ1v) is 4.69. The van der Waals surface area contributed by atoms with E-state index in [0.29, 0.717) is 0 Å². The van der Waals surface area contributed by atoms with E-state index in [1.807, 2.05) is 4.90 Å². The van der Waals surface area contributed by atoms with Crippen molar-refractivity contribution in [1.29, 1.82) is 0 Å². The van der Waals surface area contributed by atoms with Gasteiger partial charge in [0.2, 0.25) is 0 Å². The molecule has 1 rings (SSSR count). The van der Waals surface area contributed by atoms with Crippen molar-refractivity contribution in [2.24, 2.45) is 0 Å². The lowest BCUT2D eigenvalue weighted by atomic mass is 10.1. The van der Waals surface area contributed by atoms with Crippen LogP contribution in [0, 0.1) is 0 Å². The van der Waals surface area contributed by atoms with Gasteiger partial charge in [-0.3, -0.25) is 4.90 Å². The zero-order valence-corrected chi connectivity index (χ0v) is 7.85. The Bertz CT molecular complexity index is 207. The highest BCUT2D eigenvalue weighted by molar-refractivity contribution is 4.99. The zero-order chi connectivity index (χ0) is 10.6. The van der Waals surface area contributed by atoms with Crippen LogP contribution in [-0.2, 0) is 0 Å². The van der Waals surface area contributed by atoms with Crippen LogP contribution in [0.4, 0.5) is 13.2 Å². The van der Waals surface area contributed by atoms with E-state index >= 15 is 0 Å². The van der Waals surface area contributed by atoms with Gasteiger partial charge in [-0.1, -0.05) is 6.42 Å². The minimum Gasteiger partial charge on any atom is -0.504 e. The minimum absolute atomic E-state index is 0.186. The van der Waals surface area contributed by atoms with Crippen molar-refractivity contribution in [2.45, 2.75) is 25.4 Å². The van der Waals surface area contributed by atoms with E-state index in [1.54, 1.807) is 0 Å². The Kier molecular flexibility index (Phi) is 3.80. The number of halogens is 3. The fourth-order valence-electron chi connectivity index (χ4n) is 1.47. The quantitative estimate of drug-likeness (QED) is 0.706. The lowest BCUT2D eigenvalue weighted by molar-refractivity contribution is -0.121. The Morgan fingerprint density at radius 2 is 1.79 bits per heavy atom. The summed E-state index contributed by atoms with van der Waals surface area (Å²) >= 11 is 0. The molecular weight excluding hydrogens is 195 g/mol. The first-order chi connectivity index (χ1) is 6.50. The number of hydrogen-bond acceptors (Lipinski definition) is 2. The van der Waals surface area contributed by atoms with Crippen LogP contribution in [0.1, 0.15) is 19.3 Å². The Balaban J connectivity index is 2.37. The highest BCUT2D eigenvalue weighted by Gasteiger charge is 2.33. The number of hydrogen-bond donors (Lipinski definition) is 1. The lowest BCUT2D eigenvalue weighted by Crippen LogP contribution is -2.30. The smallest absolute Gasteiger partial charge is 0.448 e. The monoisotopic (exact) mass is 209 g/mol. The van der Waals surface area contributed by atoms with E-state index in [0.717, 1.165) is 38.4 Å². The first-order valence-electron chi connectivity index (χ1n) is 4.69. The van der Waals surface area contributed by atoms with Gasteiger partial charge >= 0.3 is 6.18 Å². The highest BCUT2D eigenvalue weighted by atomic mass is 19.4. The van der Waals surface area contributed by atoms with Crippen molar-refractivity contribution in [3.63, 3.8) is 0 Å². The Morgan fingerprint density at radius 1 is 1.21 bits per heavy atom. The topological polar surface area (TPSA) is 23.5 Å². The third-order valence-corrected chi connectivity index (χ3v) is 2.28. The first kappa shape index (κ1) is 11.4. The van der Waals surface area contributed by atoms with Crippen molar-refractivity contribution >= 4 is 0 Å². The number of piperidine rings is 1. The number of aliphatic hydroxyl groups excluding tert-OH is 1. The number of likely N-dealkylation sites (tertiary alicyclic amines) is 1. The molecule has 5 heteroatoms. The van der Waals surface area contributed by atoms with E-state index in [9.17, 15) is 13.2 Å². The van der Waals surface area contributed by atoms with Crippen molar-refractivity contribution in [3.05, 3.63) is 11.8 Å². The van der Waals surface area contributed by atoms with Crippen LogP contribution in [0.25, 0.3) is 0 Å². The molecular formula is C9H14F3NO. The fourth-order valence-corrected chi connectivity index (χ4v) is 1.47. The summed E-state index contributed by atoms with van der Waals surface area (Å²) in [5, 5.41) is 8.63. The number of nitrogens with zero attached hydrogens (tertiary/aromatic N) is 1. The van der Waals surface area contributed by atoms with Gasteiger partial charge in [0.15, 0.2) is 5.76 Å². The van der Waals surface area contributed by atoms with Crippen molar-refractivity contribution in [3.8, 4) is 0 Å². The molecule has 0 aromatic heterocycles. The maximum Gasteiger partial charge on any atom is 0.448 e. The molecule has 0 aliphatic carbocycles. The summed E-state index contributed by atoms with van der Waals surface area (Å²) in [6.07, 6.45) is -0.562. The summed E-state index contributed by atoms with van der Waals surface area (Å²) in [4.78, 5) is 1.91.